The maximum Gasteiger partial charge on any atom is 0.135 e. The molecular formula is C54H55NO2. The number of rotatable bonds is 6. The van der Waals surface area contributed by atoms with Crippen LogP contribution >= 0.6 is 0 Å². The molecular weight excluding hydrogens is 695 g/mol. The first-order valence-electron chi connectivity index (χ1n) is 22.1. The largest absolute Gasteiger partial charge is 0.490 e. The highest BCUT2D eigenvalue weighted by molar-refractivity contribution is 5.86. The standard InChI is InChI=1S/C54H55NO2/c1-3-15-36(16-4-1)39-33-48(38-29-32-45-44-21-9-12-24-50(44)56-53(45)35-38)55-49(34-39)43-20-8-7-19-42(43)37-27-30-41(31-28-37)54(40-17-5-2-6-18-40)46-22-10-13-25-51(46)57-52-26-14-11-23-47(52)54/h1,3-5,8,10,12-13,15,17-18,20,22,24-32,34-36,42-43,46-49,51,55H,2,6-7,9,11,14,16,19,21,23,33H2. The molecule has 3 heterocycles. The van der Waals surface area contributed by atoms with Gasteiger partial charge >= 0.3 is 0 Å². The lowest BCUT2D eigenvalue weighted by molar-refractivity contribution is -0.0102. The molecule has 1 aromatic heterocycles. The molecule has 288 valence electrons. The molecule has 1 N–H and O–H groups in total. The van der Waals surface area contributed by atoms with Crippen LogP contribution in [0.4, 0.5) is 0 Å². The molecule has 0 bridgehead atoms. The van der Waals surface area contributed by atoms with Gasteiger partial charge in [-0.1, -0.05) is 127 Å². The van der Waals surface area contributed by atoms with Crippen molar-refractivity contribution in [2.45, 2.75) is 100 Å². The van der Waals surface area contributed by atoms with Crippen LogP contribution in [0.25, 0.3) is 17.0 Å². The van der Waals surface area contributed by atoms with Crippen LogP contribution in [0, 0.1) is 23.7 Å². The number of benzene rings is 2. The highest BCUT2D eigenvalue weighted by atomic mass is 16.5. The Labute approximate surface area is 338 Å². The molecule has 9 unspecified atom stereocenters. The summed E-state index contributed by atoms with van der Waals surface area (Å²) in [6, 6.07) is 17.6. The molecule has 11 rings (SSSR count). The summed E-state index contributed by atoms with van der Waals surface area (Å²) in [7, 11) is 0. The van der Waals surface area contributed by atoms with Crippen LogP contribution in [0.2, 0.25) is 0 Å². The number of ether oxygens (including phenoxy) is 1. The fourth-order valence-corrected chi connectivity index (χ4v) is 12.1. The third kappa shape index (κ3) is 6.11. The molecule has 1 fully saturated rings. The predicted molar refractivity (Wildman–Crippen MR) is 234 cm³/mol. The van der Waals surface area contributed by atoms with Crippen molar-refractivity contribution in [1.82, 2.24) is 5.32 Å². The smallest absolute Gasteiger partial charge is 0.135 e. The zero-order valence-electron chi connectivity index (χ0n) is 33.1. The molecule has 8 aliphatic rings. The fourth-order valence-electron chi connectivity index (χ4n) is 12.1. The van der Waals surface area contributed by atoms with Gasteiger partial charge in [0, 0.05) is 52.1 Å². The molecule has 1 saturated heterocycles. The number of aryl methyl sites for hydroxylation is 1. The summed E-state index contributed by atoms with van der Waals surface area (Å²) in [4.78, 5) is 0. The Hall–Kier alpha value is -4.86. The summed E-state index contributed by atoms with van der Waals surface area (Å²) in [6.45, 7) is 0. The minimum absolute atomic E-state index is 0.0517. The quantitative estimate of drug-likeness (QED) is 0.255. The zero-order valence-corrected chi connectivity index (χ0v) is 33.1. The molecule has 0 radical (unpaired) electrons. The maximum absolute atomic E-state index is 6.83. The monoisotopic (exact) mass is 749 g/mol. The van der Waals surface area contributed by atoms with Crippen molar-refractivity contribution in [3.05, 3.63) is 185 Å². The van der Waals surface area contributed by atoms with E-state index < -0.39 is 0 Å². The van der Waals surface area contributed by atoms with Gasteiger partial charge in [-0.05, 0) is 123 Å². The maximum atomic E-state index is 6.83. The van der Waals surface area contributed by atoms with Crippen molar-refractivity contribution in [3.63, 3.8) is 0 Å². The summed E-state index contributed by atoms with van der Waals surface area (Å²) in [5.74, 6) is 4.09. The average molecular weight is 750 g/mol. The minimum Gasteiger partial charge on any atom is -0.490 e. The van der Waals surface area contributed by atoms with E-state index in [1.54, 1.807) is 5.57 Å². The van der Waals surface area contributed by atoms with Crippen LogP contribution in [0.3, 0.4) is 0 Å². The first-order valence-corrected chi connectivity index (χ1v) is 22.1. The minimum atomic E-state index is -0.153. The molecule has 9 atom stereocenters. The van der Waals surface area contributed by atoms with Crippen LogP contribution in [-0.4, -0.2) is 12.1 Å². The van der Waals surface area contributed by atoms with E-state index in [2.05, 4.69) is 151 Å². The summed E-state index contributed by atoms with van der Waals surface area (Å²) < 4.78 is 13.3. The van der Waals surface area contributed by atoms with Crippen LogP contribution in [0.1, 0.15) is 104 Å². The topological polar surface area (TPSA) is 34.4 Å². The second-order valence-corrected chi connectivity index (χ2v) is 17.8. The SMILES string of the molecule is C1=CCC(C2=CC(C3C=CCCC3c3ccc(C4(C5=CCCC=C5)C5CCCC=C5OC5C=CC=CC54)cc3)NC(c3ccc4c5c(oc4c3)C=CCC5)C2)C=C1. The van der Waals surface area contributed by atoms with Gasteiger partial charge in [0.2, 0.25) is 0 Å². The van der Waals surface area contributed by atoms with Gasteiger partial charge in [0.1, 0.15) is 17.4 Å². The lowest BCUT2D eigenvalue weighted by atomic mass is 9.52. The number of fused-ring (bicyclic) bond motifs is 5. The first-order chi connectivity index (χ1) is 28.2. The lowest BCUT2D eigenvalue weighted by Gasteiger charge is -2.55. The van der Waals surface area contributed by atoms with Crippen LogP contribution in [0.15, 0.2) is 161 Å². The third-order valence-corrected chi connectivity index (χ3v) is 14.8. The van der Waals surface area contributed by atoms with Gasteiger partial charge in [0.15, 0.2) is 0 Å². The molecule has 2 aliphatic heterocycles. The van der Waals surface area contributed by atoms with Gasteiger partial charge in [-0.15, -0.1) is 0 Å². The van der Waals surface area contributed by atoms with E-state index in [1.165, 1.54) is 45.4 Å². The summed E-state index contributed by atoms with van der Waals surface area (Å²) in [5.41, 5.74) is 9.54. The van der Waals surface area contributed by atoms with Crippen LogP contribution in [-0.2, 0) is 16.6 Å². The molecule has 3 heteroatoms. The van der Waals surface area contributed by atoms with Crippen molar-refractivity contribution >= 4 is 17.0 Å². The van der Waals surface area contributed by atoms with Gasteiger partial charge in [0.05, 0.1) is 5.76 Å². The van der Waals surface area contributed by atoms with E-state index >= 15 is 0 Å². The summed E-state index contributed by atoms with van der Waals surface area (Å²) >= 11 is 0. The number of furan rings is 1. The Balaban J connectivity index is 0.950. The van der Waals surface area contributed by atoms with Gasteiger partial charge in [-0.25, -0.2) is 0 Å². The van der Waals surface area contributed by atoms with E-state index in [0.717, 1.165) is 75.6 Å². The van der Waals surface area contributed by atoms with Crippen molar-refractivity contribution in [2.75, 3.05) is 0 Å². The molecule has 57 heavy (non-hydrogen) atoms. The molecule has 6 aliphatic carbocycles. The van der Waals surface area contributed by atoms with E-state index in [9.17, 15) is 0 Å². The fraction of sp³-hybridized carbons (Fsp3) is 0.370. The second-order valence-electron chi connectivity index (χ2n) is 17.8. The third-order valence-electron chi connectivity index (χ3n) is 14.8. The van der Waals surface area contributed by atoms with Crippen molar-refractivity contribution < 1.29 is 9.15 Å². The van der Waals surface area contributed by atoms with Gasteiger partial charge < -0.3 is 14.5 Å². The van der Waals surface area contributed by atoms with Crippen LogP contribution < -0.4 is 5.32 Å². The van der Waals surface area contributed by atoms with Gasteiger partial charge in [-0.3, -0.25) is 0 Å². The van der Waals surface area contributed by atoms with Gasteiger partial charge in [-0.2, -0.15) is 0 Å². The van der Waals surface area contributed by atoms with E-state index in [-0.39, 0.29) is 29.5 Å². The van der Waals surface area contributed by atoms with Crippen molar-refractivity contribution in [2.24, 2.45) is 23.7 Å². The number of hydrogen-bond donors (Lipinski definition) is 1. The average Bonchev–Trinajstić information content (AvgIpc) is 3.67. The van der Waals surface area contributed by atoms with E-state index in [1.807, 2.05) is 0 Å². The summed E-state index contributed by atoms with van der Waals surface area (Å²) in [6.07, 6.45) is 52.6. The number of allylic oxidation sites excluding steroid dienone is 14. The number of nitrogens with one attached hydrogen (secondary N) is 1. The summed E-state index contributed by atoms with van der Waals surface area (Å²) in [5, 5.41) is 5.51. The highest BCUT2D eigenvalue weighted by Crippen LogP contribution is 2.59. The Kier molecular flexibility index (Phi) is 9.18. The van der Waals surface area contributed by atoms with Crippen molar-refractivity contribution in [1.29, 1.82) is 0 Å². The first kappa shape index (κ1) is 35.3. The molecule has 0 saturated carbocycles. The Morgan fingerprint density at radius 2 is 1.63 bits per heavy atom. The predicted octanol–water partition coefficient (Wildman–Crippen LogP) is 12.9. The van der Waals surface area contributed by atoms with E-state index in [4.69, 9.17) is 9.15 Å². The highest BCUT2D eigenvalue weighted by Gasteiger charge is 2.56. The molecule has 0 spiro atoms. The lowest BCUT2D eigenvalue weighted by Crippen LogP contribution is -2.54. The van der Waals surface area contributed by atoms with E-state index in [0.29, 0.717) is 23.7 Å². The zero-order chi connectivity index (χ0) is 37.8. The second kappa shape index (κ2) is 14.8. The molecule has 3 aromatic rings. The Morgan fingerprint density at radius 1 is 0.737 bits per heavy atom. The Morgan fingerprint density at radius 3 is 2.53 bits per heavy atom. The molecule has 0 amide bonds. The number of hydrogen-bond acceptors (Lipinski definition) is 3. The molecule has 3 nitrogen and oxygen atoms in total. The molecule has 2 aromatic carbocycles. The normalized spacial score (nSPS) is 33.9. The van der Waals surface area contributed by atoms with Crippen LogP contribution in [0.5, 0.6) is 0 Å². The van der Waals surface area contributed by atoms with Gasteiger partial charge in [0.25, 0.3) is 0 Å². The Bertz CT molecular complexity index is 2350. The van der Waals surface area contributed by atoms with Crippen molar-refractivity contribution in [3.8, 4) is 0 Å².